The minimum absolute atomic E-state index is 0.141. The van der Waals surface area contributed by atoms with Gasteiger partial charge in [0.2, 0.25) is 0 Å². The van der Waals surface area contributed by atoms with E-state index in [0.29, 0.717) is 12.0 Å². The standard InChI is InChI=1S/C16H34N2O2/c1-7-9-17-14-13(12-18(8-2)10-11-19)15(3,4)20-16(14,5)6/h13-14,17,19H,7-12H2,1-6H3. The Bertz CT molecular complexity index is 292. The third-order valence-electron chi connectivity index (χ3n) is 4.50. The van der Waals surface area contributed by atoms with Crippen molar-refractivity contribution in [1.29, 1.82) is 0 Å². The molecule has 2 N–H and O–H groups in total. The van der Waals surface area contributed by atoms with Gasteiger partial charge >= 0.3 is 0 Å². The van der Waals surface area contributed by atoms with Crippen LogP contribution >= 0.6 is 0 Å². The van der Waals surface area contributed by atoms with Crippen LogP contribution < -0.4 is 5.32 Å². The maximum atomic E-state index is 9.19. The number of nitrogens with one attached hydrogen (secondary N) is 1. The van der Waals surface area contributed by atoms with E-state index in [2.05, 4.69) is 51.8 Å². The van der Waals surface area contributed by atoms with Crippen molar-refractivity contribution in [3.05, 3.63) is 0 Å². The summed E-state index contributed by atoms with van der Waals surface area (Å²) in [5, 5.41) is 12.9. The van der Waals surface area contributed by atoms with Gasteiger partial charge in [0.25, 0.3) is 0 Å². The van der Waals surface area contributed by atoms with Gasteiger partial charge in [-0.05, 0) is 47.2 Å². The third kappa shape index (κ3) is 4.17. The minimum atomic E-state index is -0.151. The topological polar surface area (TPSA) is 44.7 Å². The molecular weight excluding hydrogens is 252 g/mol. The smallest absolute Gasteiger partial charge is 0.0790 e. The molecular formula is C16H34N2O2. The Morgan fingerprint density at radius 3 is 2.30 bits per heavy atom. The lowest BCUT2D eigenvalue weighted by Gasteiger charge is -2.34. The molecule has 4 nitrogen and oxygen atoms in total. The molecule has 20 heavy (non-hydrogen) atoms. The molecule has 2 unspecified atom stereocenters. The first-order valence-corrected chi connectivity index (χ1v) is 8.05. The molecule has 1 heterocycles. The Kier molecular flexibility index (Phi) is 6.45. The molecule has 1 rings (SSSR count). The Morgan fingerprint density at radius 1 is 1.15 bits per heavy atom. The summed E-state index contributed by atoms with van der Waals surface area (Å²) >= 11 is 0. The van der Waals surface area contributed by atoms with Crippen LogP contribution in [0.1, 0.15) is 48.0 Å². The lowest BCUT2D eigenvalue weighted by atomic mass is 9.82. The lowest BCUT2D eigenvalue weighted by molar-refractivity contribution is -0.0797. The van der Waals surface area contributed by atoms with E-state index in [4.69, 9.17) is 4.74 Å². The number of aliphatic hydroxyl groups excluding tert-OH is 1. The Labute approximate surface area is 124 Å². The van der Waals surface area contributed by atoms with Gasteiger partial charge in [-0.2, -0.15) is 0 Å². The van der Waals surface area contributed by atoms with E-state index < -0.39 is 0 Å². The zero-order valence-electron chi connectivity index (χ0n) is 14.2. The Morgan fingerprint density at radius 2 is 1.80 bits per heavy atom. The van der Waals surface area contributed by atoms with E-state index in [1.807, 2.05) is 0 Å². The highest BCUT2D eigenvalue weighted by Crippen LogP contribution is 2.42. The van der Waals surface area contributed by atoms with Crippen molar-refractivity contribution in [2.75, 3.05) is 32.8 Å². The van der Waals surface area contributed by atoms with Crippen molar-refractivity contribution in [1.82, 2.24) is 10.2 Å². The fraction of sp³-hybridized carbons (Fsp3) is 1.00. The van der Waals surface area contributed by atoms with Crippen molar-refractivity contribution in [2.24, 2.45) is 5.92 Å². The van der Waals surface area contributed by atoms with Gasteiger partial charge < -0.3 is 20.1 Å². The maximum absolute atomic E-state index is 9.19. The van der Waals surface area contributed by atoms with Crippen molar-refractivity contribution in [3.8, 4) is 0 Å². The number of rotatable bonds is 8. The molecule has 0 amide bonds. The van der Waals surface area contributed by atoms with Crippen LogP contribution in [0.2, 0.25) is 0 Å². The van der Waals surface area contributed by atoms with Crippen LogP contribution in [-0.4, -0.2) is 60.0 Å². The molecule has 1 fully saturated rings. The predicted octanol–water partition coefficient (Wildman–Crippen LogP) is 1.87. The van der Waals surface area contributed by atoms with Crippen LogP contribution in [0.5, 0.6) is 0 Å². The van der Waals surface area contributed by atoms with Crippen molar-refractivity contribution in [2.45, 2.75) is 65.2 Å². The minimum Gasteiger partial charge on any atom is -0.395 e. The van der Waals surface area contributed by atoms with Gasteiger partial charge in [0.15, 0.2) is 0 Å². The highest BCUT2D eigenvalue weighted by molar-refractivity contribution is 5.06. The molecule has 0 radical (unpaired) electrons. The van der Waals surface area contributed by atoms with Crippen molar-refractivity contribution >= 4 is 0 Å². The summed E-state index contributed by atoms with van der Waals surface area (Å²) in [5.41, 5.74) is -0.292. The number of aliphatic hydroxyl groups is 1. The number of hydrogen-bond acceptors (Lipinski definition) is 4. The van der Waals surface area contributed by atoms with Crippen LogP contribution in [-0.2, 0) is 4.74 Å². The summed E-state index contributed by atoms with van der Waals surface area (Å²) in [6.45, 7) is 17.0. The molecule has 0 spiro atoms. The SMILES string of the molecule is CCCNC1C(CN(CC)CCO)C(C)(C)OC1(C)C. The number of ether oxygens (including phenoxy) is 1. The quantitative estimate of drug-likeness (QED) is 0.715. The largest absolute Gasteiger partial charge is 0.395 e. The van der Waals surface area contributed by atoms with Gasteiger partial charge in [-0.1, -0.05) is 13.8 Å². The van der Waals surface area contributed by atoms with E-state index in [1.54, 1.807) is 0 Å². The maximum Gasteiger partial charge on any atom is 0.0790 e. The predicted molar refractivity (Wildman–Crippen MR) is 84.0 cm³/mol. The number of hydrogen-bond donors (Lipinski definition) is 2. The summed E-state index contributed by atoms with van der Waals surface area (Å²) in [5.74, 6) is 0.426. The average molecular weight is 286 g/mol. The molecule has 0 aliphatic carbocycles. The first kappa shape index (κ1) is 17.9. The van der Waals surface area contributed by atoms with Crippen LogP contribution in [0, 0.1) is 5.92 Å². The summed E-state index contributed by atoms with van der Waals surface area (Å²) in [4.78, 5) is 2.32. The molecule has 4 heteroatoms. The molecule has 120 valence electrons. The highest BCUT2D eigenvalue weighted by Gasteiger charge is 2.53. The molecule has 0 aromatic heterocycles. The van der Waals surface area contributed by atoms with Crippen molar-refractivity contribution < 1.29 is 9.84 Å². The lowest BCUT2D eigenvalue weighted by Crippen LogP contribution is -2.51. The van der Waals surface area contributed by atoms with Crippen molar-refractivity contribution in [3.63, 3.8) is 0 Å². The monoisotopic (exact) mass is 286 g/mol. The van der Waals surface area contributed by atoms with E-state index >= 15 is 0 Å². The third-order valence-corrected chi connectivity index (χ3v) is 4.50. The summed E-state index contributed by atoms with van der Waals surface area (Å²) in [7, 11) is 0. The number of nitrogens with zero attached hydrogens (tertiary/aromatic N) is 1. The second kappa shape index (κ2) is 7.21. The molecule has 2 atom stereocenters. The van der Waals surface area contributed by atoms with Crippen LogP contribution in [0.15, 0.2) is 0 Å². The van der Waals surface area contributed by atoms with Crippen LogP contribution in [0.25, 0.3) is 0 Å². The normalized spacial score (nSPS) is 28.2. The average Bonchev–Trinajstić information content (AvgIpc) is 2.51. The fourth-order valence-electron chi connectivity index (χ4n) is 3.51. The van der Waals surface area contributed by atoms with Gasteiger partial charge in [0, 0.05) is 25.0 Å². The highest BCUT2D eigenvalue weighted by atomic mass is 16.5. The van der Waals surface area contributed by atoms with Gasteiger partial charge in [-0.15, -0.1) is 0 Å². The second-order valence-electron chi connectivity index (χ2n) is 6.96. The molecule has 1 aliphatic heterocycles. The van der Waals surface area contributed by atoms with E-state index in [0.717, 1.165) is 32.6 Å². The first-order valence-electron chi connectivity index (χ1n) is 8.05. The summed E-state index contributed by atoms with van der Waals surface area (Å²) in [6.07, 6.45) is 1.13. The van der Waals surface area contributed by atoms with Gasteiger partial charge in [0.05, 0.1) is 17.8 Å². The van der Waals surface area contributed by atoms with Crippen LogP contribution in [0.4, 0.5) is 0 Å². The summed E-state index contributed by atoms with van der Waals surface area (Å²) < 4.78 is 6.33. The van der Waals surface area contributed by atoms with E-state index in [1.165, 1.54) is 0 Å². The fourth-order valence-corrected chi connectivity index (χ4v) is 3.51. The molecule has 0 aromatic carbocycles. The molecule has 0 saturated carbocycles. The Balaban J connectivity index is 2.85. The van der Waals surface area contributed by atoms with Gasteiger partial charge in [-0.25, -0.2) is 0 Å². The Hall–Kier alpha value is -0.160. The zero-order valence-corrected chi connectivity index (χ0v) is 14.2. The molecule has 1 aliphatic rings. The molecule has 1 saturated heterocycles. The molecule has 0 aromatic rings. The van der Waals surface area contributed by atoms with Gasteiger partial charge in [-0.3, -0.25) is 0 Å². The van der Waals surface area contributed by atoms with E-state index in [9.17, 15) is 5.11 Å². The van der Waals surface area contributed by atoms with Gasteiger partial charge in [0.1, 0.15) is 0 Å². The van der Waals surface area contributed by atoms with E-state index in [-0.39, 0.29) is 17.8 Å². The number of likely N-dealkylation sites (N-methyl/N-ethyl adjacent to an activating group) is 1. The summed E-state index contributed by atoms with van der Waals surface area (Å²) in [6, 6.07) is 0.352. The molecule has 0 bridgehead atoms. The first-order chi connectivity index (χ1) is 9.28. The second-order valence-corrected chi connectivity index (χ2v) is 6.96. The zero-order chi connectivity index (χ0) is 15.4. The van der Waals surface area contributed by atoms with Crippen LogP contribution in [0.3, 0.4) is 0 Å².